The summed E-state index contributed by atoms with van der Waals surface area (Å²) in [5, 5.41) is 8.64. The first kappa shape index (κ1) is 8.05. The van der Waals surface area contributed by atoms with Gasteiger partial charge in [0.25, 0.3) is 0 Å². The van der Waals surface area contributed by atoms with E-state index < -0.39 is 5.97 Å². The first-order valence-corrected chi connectivity index (χ1v) is 4.41. The second-order valence-electron chi connectivity index (χ2n) is 2.92. The van der Waals surface area contributed by atoms with Gasteiger partial charge in [0.05, 0.1) is 0 Å². The van der Waals surface area contributed by atoms with Crippen LogP contribution in [0.5, 0.6) is 0 Å². The van der Waals surface area contributed by atoms with Crippen molar-refractivity contribution in [3.8, 4) is 0 Å². The molecule has 58 valence electrons. The van der Waals surface area contributed by atoms with Gasteiger partial charge >= 0.3 is 5.97 Å². The predicted octanol–water partition coefficient (Wildman–Crippen LogP) is 2.02. The summed E-state index contributed by atoms with van der Waals surface area (Å²) in [7, 11) is 0. The molecule has 0 amide bonds. The number of alkyl halides is 1. The monoisotopic (exact) mass is 206 g/mol. The highest BCUT2D eigenvalue weighted by atomic mass is 79.9. The van der Waals surface area contributed by atoms with E-state index in [0.717, 1.165) is 19.3 Å². The molecule has 0 radical (unpaired) electrons. The van der Waals surface area contributed by atoms with E-state index in [4.69, 9.17) is 5.11 Å². The van der Waals surface area contributed by atoms with Crippen LogP contribution in [0.4, 0.5) is 0 Å². The standard InChI is InChI=1S/C7H11BrO2/c1-2-7(3-4-7)5(8)6(9)10/h5H,2-4H2,1H3,(H,9,10). The summed E-state index contributed by atoms with van der Waals surface area (Å²) in [4.78, 5) is 10.2. The maximum atomic E-state index is 10.5. The Morgan fingerprint density at radius 3 is 2.40 bits per heavy atom. The smallest absolute Gasteiger partial charge is 0.317 e. The summed E-state index contributed by atoms with van der Waals surface area (Å²) in [6.45, 7) is 2.05. The Kier molecular flexibility index (Phi) is 2.04. The van der Waals surface area contributed by atoms with Crippen LogP contribution >= 0.6 is 15.9 Å². The maximum Gasteiger partial charge on any atom is 0.317 e. The highest BCUT2D eigenvalue weighted by Gasteiger charge is 2.49. The second kappa shape index (κ2) is 2.53. The van der Waals surface area contributed by atoms with Crippen molar-refractivity contribution in [2.45, 2.75) is 31.0 Å². The molecule has 0 heterocycles. The molecule has 2 nitrogen and oxygen atoms in total. The highest BCUT2D eigenvalue weighted by molar-refractivity contribution is 9.10. The van der Waals surface area contributed by atoms with Gasteiger partial charge in [-0.3, -0.25) is 4.79 Å². The third-order valence-corrected chi connectivity index (χ3v) is 3.71. The van der Waals surface area contributed by atoms with Crippen molar-refractivity contribution in [2.24, 2.45) is 5.41 Å². The molecule has 0 aromatic rings. The van der Waals surface area contributed by atoms with Gasteiger partial charge in [-0.25, -0.2) is 0 Å². The minimum absolute atomic E-state index is 0.0891. The van der Waals surface area contributed by atoms with E-state index >= 15 is 0 Å². The van der Waals surface area contributed by atoms with Crippen LogP contribution in [-0.4, -0.2) is 15.9 Å². The number of carboxylic acid groups (broad SMARTS) is 1. The zero-order valence-corrected chi connectivity index (χ0v) is 7.52. The van der Waals surface area contributed by atoms with Crippen LogP contribution in [0.2, 0.25) is 0 Å². The van der Waals surface area contributed by atoms with E-state index in [9.17, 15) is 4.79 Å². The van der Waals surface area contributed by atoms with Crippen LogP contribution < -0.4 is 0 Å². The van der Waals surface area contributed by atoms with Crippen LogP contribution in [0.15, 0.2) is 0 Å². The summed E-state index contributed by atoms with van der Waals surface area (Å²) < 4.78 is 0. The molecule has 3 heteroatoms. The molecular weight excluding hydrogens is 196 g/mol. The van der Waals surface area contributed by atoms with Gasteiger partial charge in [-0.1, -0.05) is 22.9 Å². The number of hydrogen-bond donors (Lipinski definition) is 1. The van der Waals surface area contributed by atoms with Crippen molar-refractivity contribution < 1.29 is 9.90 Å². The Morgan fingerprint density at radius 2 is 2.30 bits per heavy atom. The third-order valence-electron chi connectivity index (χ3n) is 2.35. The van der Waals surface area contributed by atoms with Crippen molar-refractivity contribution >= 4 is 21.9 Å². The minimum atomic E-state index is -0.723. The summed E-state index contributed by atoms with van der Waals surface area (Å²) in [6, 6.07) is 0. The Balaban J connectivity index is 2.55. The van der Waals surface area contributed by atoms with E-state index in [2.05, 4.69) is 15.9 Å². The lowest BCUT2D eigenvalue weighted by Crippen LogP contribution is -2.24. The lowest BCUT2D eigenvalue weighted by molar-refractivity contribution is -0.137. The van der Waals surface area contributed by atoms with Crippen molar-refractivity contribution in [3.63, 3.8) is 0 Å². The molecule has 0 aliphatic heterocycles. The zero-order valence-electron chi connectivity index (χ0n) is 5.93. The fourth-order valence-corrected chi connectivity index (χ4v) is 1.99. The predicted molar refractivity (Wildman–Crippen MR) is 42.3 cm³/mol. The molecular formula is C7H11BrO2. The minimum Gasteiger partial charge on any atom is -0.480 e. The average Bonchev–Trinajstić information content (AvgIpc) is 2.66. The Morgan fingerprint density at radius 1 is 1.80 bits per heavy atom. The summed E-state index contributed by atoms with van der Waals surface area (Å²) in [6.07, 6.45) is 3.09. The fraction of sp³-hybridized carbons (Fsp3) is 0.857. The van der Waals surface area contributed by atoms with Crippen molar-refractivity contribution in [1.29, 1.82) is 0 Å². The normalized spacial score (nSPS) is 23.8. The number of halogens is 1. The first-order valence-electron chi connectivity index (χ1n) is 3.49. The Bertz CT molecular complexity index is 152. The fourth-order valence-electron chi connectivity index (χ4n) is 1.21. The van der Waals surface area contributed by atoms with Gasteiger partial charge in [0.1, 0.15) is 4.83 Å². The van der Waals surface area contributed by atoms with Crippen LogP contribution in [0.3, 0.4) is 0 Å². The third kappa shape index (κ3) is 1.19. The summed E-state index contributed by atoms with van der Waals surface area (Å²) in [5.41, 5.74) is 0.0891. The molecule has 1 atom stereocenters. The molecule has 1 aliphatic carbocycles. The quantitative estimate of drug-likeness (QED) is 0.719. The summed E-state index contributed by atoms with van der Waals surface area (Å²) in [5.74, 6) is -0.723. The molecule has 1 saturated carbocycles. The van der Waals surface area contributed by atoms with Crippen LogP contribution in [0.1, 0.15) is 26.2 Å². The topological polar surface area (TPSA) is 37.3 Å². The molecule has 1 unspecified atom stereocenters. The van der Waals surface area contributed by atoms with E-state index in [-0.39, 0.29) is 10.2 Å². The molecule has 1 fully saturated rings. The van der Waals surface area contributed by atoms with Gasteiger partial charge in [0, 0.05) is 0 Å². The summed E-state index contributed by atoms with van der Waals surface area (Å²) >= 11 is 3.19. The largest absolute Gasteiger partial charge is 0.480 e. The second-order valence-corrected chi connectivity index (χ2v) is 3.83. The molecule has 0 aromatic carbocycles. The molecule has 0 aromatic heterocycles. The molecule has 0 saturated heterocycles. The van der Waals surface area contributed by atoms with Gasteiger partial charge < -0.3 is 5.11 Å². The van der Waals surface area contributed by atoms with Crippen LogP contribution in [0, 0.1) is 5.41 Å². The van der Waals surface area contributed by atoms with Crippen molar-refractivity contribution in [3.05, 3.63) is 0 Å². The van der Waals surface area contributed by atoms with Crippen molar-refractivity contribution in [1.82, 2.24) is 0 Å². The van der Waals surface area contributed by atoms with Crippen LogP contribution in [-0.2, 0) is 4.79 Å². The number of hydrogen-bond acceptors (Lipinski definition) is 1. The average molecular weight is 207 g/mol. The first-order chi connectivity index (χ1) is 4.62. The number of carbonyl (C=O) groups is 1. The lowest BCUT2D eigenvalue weighted by atomic mass is 10.00. The molecule has 10 heavy (non-hydrogen) atoms. The van der Waals surface area contributed by atoms with Gasteiger partial charge in [0.15, 0.2) is 0 Å². The van der Waals surface area contributed by atoms with Gasteiger partial charge in [-0.15, -0.1) is 0 Å². The number of aliphatic carboxylic acids is 1. The molecule has 0 spiro atoms. The molecule has 1 aliphatic rings. The van der Waals surface area contributed by atoms with Crippen LogP contribution in [0.25, 0.3) is 0 Å². The van der Waals surface area contributed by atoms with E-state index in [0.29, 0.717) is 0 Å². The van der Waals surface area contributed by atoms with Gasteiger partial charge in [0.2, 0.25) is 0 Å². The van der Waals surface area contributed by atoms with Gasteiger partial charge in [-0.2, -0.15) is 0 Å². The Hall–Kier alpha value is -0.0500. The lowest BCUT2D eigenvalue weighted by Gasteiger charge is -2.14. The number of rotatable bonds is 3. The SMILES string of the molecule is CCC1(C(Br)C(=O)O)CC1. The zero-order chi connectivity index (χ0) is 7.78. The molecule has 1 N–H and O–H groups in total. The number of carboxylic acids is 1. The maximum absolute atomic E-state index is 10.5. The van der Waals surface area contributed by atoms with E-state index in [1.807, 2.05) is 6.92 Å². The van der Waals surface area contributed by atoms with E-state index in [1.165, 1.54) is 0 Å². The van der Waals surface area contributed by atoms with E-state index in [1.54, 1.807) is 0 Å². The Labute approximate surface area is 68.7 Å². The molecule has 0 bridgehead atoms. The van der Waals surface area contributed by atoms with Gasteiger partial charge in [-0.05, 0) is 24.7 Å². The van der Waals surface area contributed by atoms with Crippen molar-refractivity contribution in [2.75, 3.05) is 0 Å². The highest BCUT2D eigenvalue weighted by Crippen LogP contribution is 2.54. The molecule has 1 rings (SSSR count).